The second-order valence-corrected chi connectivity index (χ2v) is 6.39. The highest BCUT2D eigenvalue weighted by Gasteiger charge is 2.24. The van der Waals surface area contributed by atoms with Crippen LogP contribution in [-0.4, -0.2) is 30.5 Å². The molecule has 0 spiro atoms. The molecule has 2 aromatic carbocycles. The van der Waals surface area contributed by atoms with Gasteiger partial charge in [0, 0.05) is 19.0 Å². The zero-order valence-corrected chi connectivity index (χ0v) is 14.0. The van der Waals surface area contributed by atoms with Gasteiger partial charge in [0.15, 0.2) is 11.6 Å². The molecule has 0 aromatic heterocycles. The molecule has 1 aliphatic rings. The van der Waals surface area contributed by atoms with Crippen molar-refractivity contribution in [1.29, 1.82) is 0 Å². The van der Waals surface area contributed by atoms with Gasteiger partial charge in [-0.25, -0.2) is 8.78 Å². The van der Waals surface area contributed by atoms with Gasteiger partial charge in [0.05, 0.1) is 13.0 Å². The van der Waals surface area contributed by atoms with Crippen molar-refractivity contribution < 1.29 is 18.3 Å². The van der Waals surface area contributed by atoms with Crippen molar-refractivity contribution in [2.24, 2.45) is 5.92 Å². The quantitative estimate of drug-likeness (QED) is 0.824. The van der Waals surface area contributed by atoms with Crippen molar-refractivity contribution in [3.8, 4) is 5.75 Å². The van der Waals surface area contributed by atoms with Crippen LogP contribution in [0.5, 0.6) is 5.75 Å². The van der Waals surface area contributed by atoms with E-state index in [1.807, 2.05) is 4.90 Å². The van der Waals surface area contributed by atoms with E-state index in [0.29, 0.717) is 13.2 Å². The standard InChI is InChI=1S/C20H21F2NO2/c21-17-9-7-15(8-10-17)12-20(24)23-11-3-4-16(13-23)14-25-19-6-2-1-5-18(19)22/h1-2,5-10,16H,3-4,11-14H2. The highest BCUT2D eigenvalue weighted by atomic mass is 19.1. The summed E-state index contributed by atoms with van der Waals surface area (Å²) >= 11 is 0. The number of para-hydroxylation sites is 1. The van der Waals surface area contributed by atoms with Crippen molar-refractivity contribution in [2.75, 3.05) is 19.7 Å². The van der Waals surface area contributed by atoms with Gasteiger partial charge in [0.1, 0.15) is 5.82 Å². The molecule has 1 saturated heterocycles. The molecule has 3 rings (SSSR count). The molecule has 0 bridgehead atoms. The van der Waals surface area contributed by atoms with Crippen LogP contribution in [0, 0.1) is 17.6 Å². The molecule has 1 amide bonds. The zero-order valence-electron chi connectivity index (χ0n) is 14.0. The van der Waals surface area contributed by atoms with Gasteiger partial charge in [-0.05, 0) is 42.7 Å². The molecule has 3 nitrogen and oxygen atoms in total. The fraction of sp³-hybridized carbons (Fsp3) is 0.350. The average molecular weight is 345 g/mol. The first-order valence-electron chi connectivity index (χ1n) is 8.51. The van der Waals surface area contributed by atoms with Gasteiger partial charge in [0.2, 0.25) is 5.91 Å². The molecule has 0 aliphatic carbocycles. The lowest BCUT2D eigenvalue weighted by Crippen LogP contribution is -2.42. The molecule has 1 unspecified atom stereocenters. The number of benzene rings is 2. The first-order valence-corrected chi connectivity index (χ1v) is 8.51. The maximum atomic E-state index is 13.6. The van der Waals surface area contributed by atoms with Gasteiger partial charge in [-0.3, -0.25) is 4.79 Å². The minimum absolute atomic E-state index is 0.0298. The lowest BCUT2D eigenvalue weighted by Gasteiger charge is -2.32. The first-order chi connectivity index (χ1) is 12.1. The molecule has 0 saturated carbocycles. The van der Waals surface area contributed by atoms with Gasteiger partial charge in [0.25, 0.3) is 0 Å². The van der Waals surface area contributed by atoms with Crippen molar-refractivity contribution in [1.82, 2.24) is 4.90 Å². The Hall–Kier alpha value is -2.43. The van der Waals surface area contributed by atoms with Crippen LogP contribution < -0.4 is 4.74 Å². The molecule has 1 aliphatic heterocycles. The molecule has 1 fully saturated rings. The second-order valence-electron chi connectivity index (χ2n) is 6.39. The summed E-state index contributed by atoms with van der Waals surface area (Å²) in [5.74, 6) is -0.216. The number of ether oxygens (including phenoxy) is 1. The van der Waals surface area contributed by atoms with Crippen LogP contribution in [-0.2, 0) is 11.2 Å². The molecule has 0 radical (unpaired) electrons. The smallest absolute Gasteiger partial charge is 0.227 e. The molecule has 25 heavy (non-hydrogen) atoms. The highest BCUT2D eigenvalue weighted by Crippen LogP contribution is 2.21. The number of rotatable bonds is 5. The van der Waals surface area contributed by atoms with Gasteiger partial charge < -0.3 is 9.64 Å². The van der Waals surface area contributed by atoms with Gasteiger partial charge >= 0.3 is 0 Å². The Kier molecular flexibility index (Phi) is 5.64. The Balaban J connectivity index is 1.52. The molecule has 5 heteroatoms. The number of carbonyl (C=O) groups is 1. The highest BCUT2D eigenvalue weighted by molar-refractivity contribution is 5.78. The van der Waals surface area contributed by atoms with Crippen LogP contribution in [0.1, 0.15) is 18.4 Å². The number of halogens is 2. The summed E-state index contributed by atoms with van der Waals surface area (Å²) in [5, 5.41) is 0. The summed E-state index contributed by atoms with van der Waals surface area (Å²) < 4.78 is 32.1. The number of amides is 1. The van der Waals surface area contributed by atoms with Crippen LogP contribution in [0.3, 0.4) is 0 Å². The third-order valence-corrected chi connectivity index (χ3v) is 4.45. The normalized spacial score (nSPS) is 17.4. The summed E-state index contributed by atoms with van der Waals surface area (Å²) in [6.45, 7) is 1.71. The fourth-order valence-corrected chi connectivity index (χ4v) is 3.09. The molecule has 0 N–H and O–H groups in total. The van der Waals surface area contributed by atoms with Crippen LogP contribution in [0.15, 0.2) is 48.5 Å². The number of carbonyl (C=O) groups excluding carboxylic acids is 1. The van der Waals surface area contributed by atoms with E-state index in [1.54, 1.807) is 30.3 Å². The van der Waals surface area contributed by atoms with E-state index in [1.165, 1.54) is 18.2 Å². The van der Waals surface area contributed by atoms with Crippen LogP contribution in [0.2, 0.25) is 0 Å². The zero-order chi connectivity index (χ0) is 17.6. The van der Waals surface area contributed by atoms with Crippen molar-refractivity contribution >= 4 is 5.91 Å². The maximum absolute atomic E-state index is 13.6. The summed E-state index contributed by atoms with van der Waals surface area (Å²) in [7, 11) is 0. The molecule has 1 heterocycles. The summed E-state index contributed by atoms with van der Waals surface area (Å²) in [4.78, 5) is 14.3. The number of nitrogens with zero attached hydrogens (tertiary/aromatic N) is 1. The van der Waals surface area contributed by atoms with Crippen molar-refractivity contribution in [3.63, 3.8) is 0 Å². The maximum Gasteiger partial charge on any atom is 0.227 e. The third kappa shape index (κ3) is 4.78. The average Bonchev–Trinajstić information content (AvgIpc) is 2.63. The number of likely N-dealkylation sites (tertiary alicyclic amines) is 1. The molecule has 2 aromatic rings. The summed E-state index contributed by atoms with van der Waals surface area (Å²) in [6, 6.07) is 12.3. The minimum Gasteiger partial charge on any atom is -0.490 e. The lowest BCUT2D eigenvalue weighted by atomic mass is 9.98. The van der Waals surface area contributed by atoms with Gasteiger partial charge in [-0.2, -0.15) is 0 Å². The van der Waals surface area contributed by atoms with Crippen LogP contribution >= 0.6 is 0 Å². The van der Waals surface area contributed by atoms with Crippen molar-refractivity contribution in [2.45, 2.75) is 19.3 Å². The Morgan fingerprint density at radius 2 is 1.88 bits per heavy atom. The first kappa shape index (κ1) is 17.4. The molecular formula is C20H21F2NO2. The minimum atomic E-state index is -0.373. The van der Waals surface area contributed by atoms with E-state index in [9.17, 15) is 13.6 Å². The van der Waals surface area contributed by atoms with E-state index < -0.39 is 0 Å². The monoisotopic (exact) mass is 345 g/mol. The Bertz CT molecular complexity index is 718. The predicted octanol–water partition coefficient (Wildman–Crippen LogP) is 3.82. The van der Waals surface area contributed by atoms with Crippen LogP contribution in [0.25, 0.3) is 0 Å². The second kappa shape index (κ2) is 8.10. The molecule has 132 valence electrons. The number of hydrogen-bond donors (Lipinski definition) is 0. The fourth-order valence-electron chi connectivity index (χ4n) is 3.09. The van der Waals surface area contributed by atoms with E-state index in [-0.39, 0.29) is 35.6 Å². The SMILES string of the molecule is O=C(Cc1ccc(F)cc1)N1CCCC(COc2ccccc2F)C1. The third-order valence-electron chi connectivity index (χ3n) is 4.45. The number of piperidine rings is 1. The Labute approximate surface area is 146 Å². The van der Waals surface area contributed by atoms with Crippen LogP contribution in [0.4, 0.5) is 8.78 Å². The van der Waals surface area contributed by atoms with Crippen molar-refractivity contribution in [3.05, 3.63) is 65.7 Å². The molecular weight excluding hydrogens is 324 g/mol. The van der Waals surface area contributed by atoms with Gasteiger partial charge in [-0.15, -0.1) is 0 Å². The number of hydrogen-bond acceptors (Lipinski definition) is 2. The predicted molar refractivity (Wildman–Crippen MR) is 91.3 cm³/mol. The van der Waals surface area contributed by atoms with E-state index >= 15 is 0 Å². The summed E-state index contributed by atoms with van der Waals surface area (Å²) in [6.07, 6.45) is 2.12. The Morgan fingerprint density at radius 3 is 2.64 bits per heavy atom. The van der Waals surface area contributed by atoms with E-state index in [2.05, 4.69) is 0 Å². The summed E-state index contributed by atoms with van der Waals surface area (Å²) in [5.41, 5.74) is 0.802. The van der Waals surface area contributed by atoms with Gasteiger partial charge in [-0.1, -0.05) is 24.3 Å². The van der Waals surface area contributed by atoms with E-state index in [4.69, 9.17) is 4.74 Å². The molecule has 1 atom stereocenters. The topological polar surface area (TPSA) is 29.5 Å². The Morgan fingerprint density at radius 1 is 1.12 bits per heavy atom. The van der Waals surface area contributed by atoms with E-state index in [0.717, 1.165) is 24.9 Å². The lowest BCUT2D eigenvalue weighted by molar-refractivity contribution is -0.132. The largest absolute Gasteiger partial charge is 0.490 e.